The highest BCUT2D eigenvalue weighted by atomic mass is 19.3. The van der Waals surface area contributed by atoms with Gasteiger partial charge in [-0.2, -0.15) is 0 Å². The zero-order valence-corrected chi connectivity index (χ0v) is 20.3. The van der Waals surface area contributed by atoms with Crippen LogP contribution in [0.1, 0.15) is 43.1 Å². The van der Waals surface area contributed by atoms with Crippen molar-refractivity contribution in [2.45, 2.75) is 62.6 Å². The summed E-state index contributed by atoms with van der Waals surface area (Å²) in [5.74, 6) is -3.89. The van der Waals surface area contributed by atoms with Gasteiger partial charge in [-0.05, 0) is 37.5 Å². The average Bonchev–Trinajstić information content (AvgIpc) is 3.26. The second kappa shape index (κ2) is 9.30. The molecular weight excluding hydrogens is 502 g/mol. The molecule has 198 valence electrons. The van der Waals surface area contributed by atoms with Gasteiger partial charge in [-0.25, -0.2) is 22.5 Å². The van der Waals surface area contributed by atoms with E-state index in [1.165, 1.54) is 18.5 Å². The molecule has 7 nitrogen and oxygen atoms in total. The summed E-state index contributed by atoms with van der Waals surface area (Å²) in [6.07, 6.45) is 4.21. The highest BCUT2D eigenvalue weighted by molar-refractivity contribution is 5.91. The van der Waals surface area contributed by atoms with E-state index in [0.29, 0.717) is 54.9 Å². The summed E-state index contributed by atoms with van der Waals surface area (Å²) in [6, 6.07) is 3.87. The van der Waals surface area contributed by atoms with Crippen molar-refractivity contribution in [3.63, 3.8) is 0 Å². The van der Waals surface area contributed by atoms with Gasteiger partial charge < -0.3 is 10.5 Å². The molecule has 2 N–H and O–H groups in total. The van der Waals surface area contributed by atoms with Crippen LogP contribution < -0.4 is 11.3 Å². The molecule has 0 radical (unpaired) electrons. The van der Waals surface area contributed by atoms with Gasteiger partial charge in [0.25, 0.3) is 11.5 Å². The van der Waals surface area contributed by atoms with E-state index in [4.69, 9.17) is 15.5 Å². The van der Waals surface area contributed by atoms with E-state index >= 15 is 0 Å². The molecule has 1 saturated heterocycles. The molecular formula is C27H25F4N5O2. The number of fused-ring (bicyclic) bond motifs is 2. The third kappa shape index (κ3) is 4.38. The van der Waals surface area contributed by atoms with Crippen molar-refractivity contribution in [3.8, 4) is 11.3 Å². The number of nitrogens with zero attached hydrogens (tertiary/aromatic N) is 4. The number of aliphatic imine (C=N–C) groups is 1. The first kappa shape index (κ1) is 24.7. The van der Waals surface area contributed by atoms with Crippen molar-refractivity contribution in [2.75, 3.05) is 6.61 Å². The Bertz CT molecular complexity index is 1550. The van der Waals surface area contributed by atoms with Crippen LogP contribution in [0.25, 0.3) is 22.2 Å². The molecule has 3 unspecified atom stereocenters. The lowest BCUT2D eigenvalue weighted by Crippen LogP contribution is -2.28. The predicted octanol–water partition coefficient (Wildman–Crippen LogP) is 4.27. The minimum absolute atomic E-state index is 0.0525. The molecule has 4 heterocycles. The third-order valence-electron chi connectivity index (χ3n) is 7.47. The average molecular weight is 528 g/mol. The number of ether oxygens (including phenoxy) is 1. The predicted molar refractivity (Wildman–Crippen MR) is 133 cm³/mol. The van der Waals surface area contributed by atoms with Crippen molar-refractivity contribution in [1.82, 2.24) is 14.5 Å². The standard InChI is InChI=1S/C27H25F4N5O2/c28-16-3-4-17(19(29)9-16)24-25-18(26(37)36-6-1-2-23(36)35-25)10-20(34-24)14-5-7-38-21(8-14)15(12-32)13-33-22-11-27(22,30)31/h3-4,9-10,12-14,21-22H,1-2,5-8,11,32H2/b15-12+,33-13?. The molecule has 0 spiro atoms. The molecule has 3 aromatic rings. The number of rotatable bonds is 5. The van der Waals surface area contributed by atoms with Gasteiger partial charge >= 0.3 is 0 Å². The van der Waals surface area contributed by atoms with Crippen LogP contribution in [0.3, 0.4) is 0 Å². The topological polar surface area (TPSA) is 95.4 Å². The second-order valence-electron chi connectivity index (χ2n) is 10.0. The Morgan fingerprint density at radius 1 is 1.24 bits per heavy atom. The molecule has 2 aromatic heterocycles. The van der Waals surface area contributed by atoms with Crippen molar-refractivity contribution in [3.05, 3.63) is 69.5 Å². The SMILES string of the molecule is N/C=C(\C=NC1CC1(F)F)C1CC(c2cc3c(=O)n4c(nc3c(-c3ccc(F)cc3F)n2)CCC4)CCO1. The number of hydrogen-bond donors (Lipinski definition) is 1. The van der Waals surface area contributed by atoms with Crippen LogP contribution in [0, 0.1) is 11.6 Å². The highest BCUT2D eigenvalue weighted by Gasteiger charge is 2.57. The maximum Gasteiger partial charge on any atom is 0.272 e. The minimum atomic E-state index is -2.78. The van der Waals surface area contributed by atoms with E-state index in [0.717, 1.165) is 18.6 Å². The van der Waals surface area contributed by atoms with E-state index in [1.54, 1.807) is 10.6 Å². The number of aryl methyl sites for hydroxylation is 1. The van der Waals surface area contributed by atoms with Gasteiger partial charge in [0.15, 0.2) is 0 Å². The summed E-state index contributed by atoms with van der Waals surface area (Å²) in [6.45, 7) is 0.889. The maximum absolute atomic E-state index is 14.9. The monoisotopic (exact) mass is 527 g/mol. The van der Waals surface area contributed by atoms with Crippen LogP contribution in [-0.2, 0) is 17.7 Å². The van der Waals surface area contributed by atoms with Crippen LogP contribution in [-0.4, -0.2) is 45.4 Å². The fourth-order valence-electron chi connectivity index (χ4n) is 5.25. The smallest absolute Gasteiger partial charge is 0.272 e. The normalized spacial score (nSPS) is 24.7. The first-order chi connectivity index (χ1) is 18.2. The van der Waals surface area contributed by atoms with E-state index in [-0.39, 0.29) is 34.7 Å². The quantitative estimate of drug-likeness (QED) is 0.395. The van der Waals surface area contributed by atoms with Crippen LogP contribution in [0.15, 0.2) is 45.8 Å². The molecule has 1 aromatic carbocycles. The fourth-order valence-corrected chi connectivity index (χ4v) is 5.25. The van der Waals surface area contributed by atoms with Crippen molar-refractivity contribution >= 4 is 17.1 Å². The molecule has 2 aliphatic heterocycles. The summed E-state index contributed by atoms with van der Waals surface area (Å²) in [5.41, 5.74) is 7.08. The van der Waals surface area contributed by atoms with Gasteiger partial charge in [-0.15, -0.1) is 0 Å². The Morgan fingerprint density at radius 3 is 2.79 bits per heavy atom. The van der Waals surface area contributed by atoms with Crippen LogP contribution >= 0.6 is 0 Å². The van der Waals surface area contributed by atoms with E-state index in [1.807, 2.05) is 0 Å². The molecule has 11 heteroatoms. The highest BCUT2D eigenvalue weighted by Crippen LogP contribution is 2.44. The lowest BCUT2D eigenvalue weighted by Gasteiger charge is -2.30. The number of hydrogen-bond acceptors (Lipinski definition) is 6. The number of aromatic nitrogens is 3. The lowest BCUT2D eigenvalue weighted by atomic mass is 9.88. The molecule has 3 aliphatic rings. The largest absolute Gasteiger partial charge is 0.404 e. The van der Waals surface area contributed by atoms with Crippen molar-refractivity contribution in [2.24, 2.45) is 10.7 Å². The number of halogens is 4. The first-order valence-corrected chi connectivity index (χ1v) is 12.6. The van der Waals surface area contributed by atoms with Crippen molar-refractivity contribution < 1.29 is 22.3 Å². The number of alkyl halides is 2. The summed E-state index contributed by atoms with van der Waals surface area (Å²) < 4.78 is 62.7. The Labute approximate surface area is 215 Å². The van der Waals surface area contributed by atoms with Gasteiger partial charge in [0, 0.05) is 67.2 Å². The number of nitrogens with two attached hydrogens (primary N) is 1. The van der Waals surface area contributed by atoms with Gasteiger partial charge in [0.05, 0.1) is 17.2 Å². The molecule has 1 aliphatic carbocycles. The number of benzene rings is 1. The Hall–Kier alpha value is -3.60. The van der Waals surface area contributed by atoms with Crippen LogP contribution in [0.2, 0.25) is 0 Å². The molecule has 0 amide bonds. The molecule has 2 fully saturated rings. The Morgan fingerprint density at radius 2 is 2.05 bits per heavy atom. The lowest BCUT2D eigenvalue weighted by molar-refractivity contribution is 0.0320. The van der Waals surface area contributed by atoms with E-state index in [2.05, 4.69) is 9.98 Å². The zero-order valence-electron chi connectivity index (χ0n) is 20.3. The summed E-state index contributed by atoms with van der Waals surface area (Å²) in [5, 5.41) is 0.314. The molecule has 6 rings (SSSR count). The van der Waals surface area contributed by atoms with Gasteiger partial charge in [-0.1, -0.05) is 0 Å². The summed E-state index contributed by atoms with van der Waals surface area (Å²) in [4.78, 5) is 26.8. The number of pyridine rings is 1. The first-order valence-electron chi connectivity index (χ1n) is 12.6. The minimum Gasteiger partial charge on any atom is -0.404 e. The zero-order chi connectivity index (χ0) is 26.6. The van der Waals surface area contributed by atoms with E-state index < -0.39 is 29.7 Å². The maximum atomic E-state index is 14.9. The van der Waals surface area contributed by atoms with Crippen molar-refractivity contribution in [1.29, 1.82) is 0 Å². The summed E-state index contributed by atoms with van der Waals surface area (Å²) >= 11 is 0. The Kier molecular flexibility index (Phi) is 6.05. The Balaban J connectivity index is 1.41. The van der Waals surface area contributed by atoms with E-state index in [9.17, 15) is 22.4 Å². The second-order valence-corrected chi connectivity index (χ2v) is 10.0. The van der Waals surface area contributed by atoms with Gasteiger partial charge in [0.2, 0.25) is 0 Å². The van der Waals surface area contributed by atoms with Gasteiger partial charge in [-0.3, -0.25) is 19.3 Å². The summed E-state index contributed by atoms with van der Waals surface area (Å²) in [7, 11) is 0. The van der Waals surface area contributed by atoms with Crippen LogP contribution in [0.5, 0.6) is 0 Å². The molecule has 0 bridgehead atoms. The molecule has 3 atom stereocenters. The molecule has 38 heavy (non-hydrogen) atoms. The van der Waals surface area contributed by atoms with Crippen LogP contribution in [0.4, 0.5) is 17.6 Å². The van der Waals surface area contributed by atoms with Gasteiger partial charge in [0.1, 0.15) is 29.0 Å². The molecule has 1 saturated carbocycles. The fraction of sp³-hybridized carbons (Fsp3) is 0.407. The third-order valence-corrected chi connectivity index (χ3v) is 7.47.